The summed E-state index contributed by atoms with van der Waals surface area (Å²) in [5.41, 5.74) is 0.141. The van der Waals surface area contributed by atoms with Crippen LogP contribution in [0.1, 0.15) is 34.1 Å². The van der Waals surface area contributed by atoms with Crippen molar-refractivity contribution in [3.63, 3.8) is 0 Å². The van der Waals surface area contributed by atoms with E-state index in [-0.39, 0.29) is 16.6 Å². The molecule has 2 aliphatic rings. The van der Waals surface area contributed by atoms with Gasteiger partial charge in [-0.05, 0) is 41.2 Å². The van der Waals surface area contributed by atoms with Gasteiger partial charge in [-0.25, -0.2) is 0 Å². The van der Waals surface area contributed by atoms with Crippen LogP contribution in [0.15, 0.2) is 0 Å². The lowest BCUT2D eigenvalue weighted by atomic mass is 9.85. The third kappa shape index (κ3) is 3.91. The highest BCUT2D eigenvalue weighted by molar-refractivity contribution is 4.94. The highest BCUT2D eigenvalue weighted by atomic mass is 16.5. The quantitative estimate of drug-likeness (QED) is 0.839. The Hall–Kier alpha value is -0.160. The Morgan fingerprint density at radius 3 is 2.21 bits per heavy atom. The van der Waals surface area contributed by atoms with Gasteiger partial charge in [-0.3, -0.25) is 4.90 Å². The first-order valence-electron chi connectivity index (χ1n) is 7.41. The van der Waals surface area contributed by atoms with Gasteiger partial charge in [0.15, 0.2) is 0 Å². The van der Waals surface area contributed by atoms with Crippen LogP contribution in [-0.2, 0) is 9.47 Å². The second-order valence-corrected chi connectivity index (χ2v) is 7.60. The van der Waals surface area contributed by atoms with Gasteiger partial charge in [-0.2, -0.15) is 0 Å². The molecular weight excluding hydrogens is 240 g/mol. The van der Waals surface area contributed by atoms with Crippen molar-refractivity contribution in [2.75, 3.05) is 46.4 Å². The molecular formula is C15H30N2O2. The minimum atomic E-state index is -0.0674. The molecule has 2 rings (SSSR count). The fourth-order valence-corrected chi connectivity index (χ4v) is 3.88. The molecule has 0 aliphatic carbocycles. The Morgan fingerprint density at radius 2 is 1.74 bits per heavy atom. The van der Waals surface area contributed by atoms with Crippen LogP contribution in [0.4, 0.5) is 0 Å². The van der Waals surface area contributed by atoms with Crippen LogP contribution < -0.4 is 5.32 Å². The molecule has 2 saturated heterocycles. The van der Waals surface area contributed by atoms with Gasteiger partial charge in [-0.15, -0.1) is 0 Å². The van der Waals surface area contributed by atoms with Crippen molar-refractivity contribution < 1.29 is 9.47 Å². The van der Waals surface area contributed by atoms with Gasteiger partial charge in [0.05, 0.1) is 17.8 Å². The number of morpholine rings is 1. The molecule has 0 aromatic rings. The van der Waals surface area contributed by atoms with Crippen molar-refractivity contribution in [1.82, 2.24) is 10.2 Å². The summed E-state index contributed by atoms with van der Waals surface area (Å²) in [6.07, 6.45) is 1.16. The van der Waals surface area contributed by atoms with Crippen LogP contribution in [0.2, 0.25) is 0 Å². The third-order valence-corrected chi connectivity index (χ3v) is 4.06. The van der Waals surface area contributed by atoms with Gasteiger partial charge >= 0.3 is 0 Å². The summed E-state index contributed by atoms with van der Waals surface area (Å²) in [6.45, 7) is 14.7. The minimum Gasteiger partial charge on any atom is -0.381 e. The number of hydrogen-bond acceptors (Lipinski definition) is 4. The van der Waals surface area contributed by atoms with E-state index in [0.717, 1.165) is 45.8 Å². The lowest BCUT2D eigenvalue weighted by Gasteiger charge is -2.49. The number of nitrogens with zero attached hydrogens (tertiary/aromatic N) is 1. The minimum absolute atomic E-state index is 0.0674. The summed E-state index contributed by atoms with van der Waals surface area (Å²) >= 11 is 0. The summed E-state index contributed by atoms with van der Waals surface area (Å²) in [7, 11) is 2.03. The van der Waals surface area contributed by atoms with E-state index < -0.39 is 0 Å². The van der Waals surface area contributed by atoms with E-state index in [2.05, 4.69) is 37.9 Å². The van der Waals surface area contributed by atoms with Crippen molar-refractivity contribution in [2.24, 2.45) is 5.41 Å². The molecule has 1 unspecified atom stereocenters. The summed E-state index contributed by atoms with van der Waals surface area (Å²) in [5, 5.41) is 3.34. The van der Waals surface area contributed by atoms with Gasteiger partial charge in [0, 0.05) is 38.2 Å². The second kappa shape index (κ2) is 5.32. The average Bonchev–Trinajstić information content (AvgIpc) is 2.61. The highest BCUT2D eigenvalue weighted by Crippen LogP contribution is 2.34. The predicted molar refractivity (Wildman–Crippen MR) is 77.5 cm³/mol. The summed E-state index contributed by atoms with van der Waals surface area (Å²) in [4.78, 5) is 2.56. The molecule has 0 spiro atoms. The van der Waals surface area contributed by atoms with E-state index in [0.29, 0.717) is 0 Å². The Balaban J connectivity index is 2.04. The van der Waals surface area contributed by atoms with Crippen LogP contribution in [0.3, 0.4) is 0 Å². The van der Waals surface area contributed by atoms with Crippen molar-refractivity contribution in [3.05, 3.63) is 0 Å². The molecule has 4 heteroatoms. The van der Waals surface area contributed by atoms with Gasteiger partial charge in [0.2, 0.25) is 0 Å². The summed E-state index contributed by atoms with van der Waals surface area (Å²) < 4.78 is 11.8. The Kier molecular flexibility index (Phi) is 4.26. The maximum atomic E-state index is 6.16. The highest BCUT2D eigenvalue weighted by Gasteiger charge is 2.42. The largest absolute Gasteiger partial charge is 0.381 e. The molecule has 1 N–H and O–H groups in total. The molecule has 0 bridgehead atoms. The molecule has 0 saturated carbocycles. The second-order valence-electron chi connectivity index (χ2n) is 7.60. The Labute approximate surface area is 117 Å². The van der Waals surface area contributed by atoms with Crippen LogP contribution >= 0.6 is 0 Å². The van der Waals surface area contributed by atoms with E-state index in [1.807, 2.05) is 7.05 Å². The molecule has 0 aromatic heterocycles. The molecule has 2 heterocycles. The fourth-order valence-electron chi connectivity index (χ4n) is 3.88. The van der Waals surface area contributed by atoms with Crippen molar-refractivity contribution in [3.8, 4) is 0 Å². The zero-order chi connectivity index (χ0) is 14.1. The number of nitrogens with one attached hydrogen (secondary N) is 1. The van der Waals surface area contributed by atoms with Gasteiger partial charge < -0.3 is 14.8 Å². The summed E-state index contributed by atoms with van der Waals surface area (Å²) in [6, 6.07) is 0. The zero-order valence-corrected chi connectivity index (χ0v) is 13.2. The molecule has 112 valence electrons. The van der Waals surface area contributed by atoms with E-state index in [1.165, 1.54) is 0 Å². The number of rotatable bonds is 4. The maximum Gasteiger partial charge on any atom is 0.0760 e. The molecule has 1 atom stereocenters. The maximum absolute atomic E-state index is 6.16. The normalized spacial score (nSPS) is 34.6. The monoisotopic (exact) mass is 270 g/mol. The Bertz CT molecular complexity index is 293. The van der Waals surface area contributed by atoms with Crippen LogP contribution in [0, 0.1) is 5.41 Å². The predicted octanol–water partition coefficient (Wildman–Crippen LogP) is 1.50. The molecule has 0 radical (unpaired) electrons. The van der Waals surface area contributed by atoms with Crippen LogP contribution in [0.25, 0.3) is 0 Å². The van der Waals surface area contributed by atoms with E-state index in [9.17, 15) is 0 Å². The van der Waals surface area contributed by atoms with Crippen LogP contribution in [0.5, 0.6) is 0 Å². The first kappa shape index (κ1) is 15.2. The first-order chi connectivity index (χ1) is 8.76. The lowest BCUT2D eigenvalue weighted by molar-refractivity contribution is -0.184. The first-order valence-corrected chi connectivity index (χ1v) is 7.41. The Morgan fingerprint density at radius 1 is 1.11 bits per heavy atom. The zero-order valence-electron chi connectivity index (χ0n) is 13.2. The van der Waals surface area contributed by atoms with Crippen LogP contribution in [-0.4, -0.2) is 62.5 Å². The van der Waals surface area contributed by atoms with E-state index in [1.54, 1.807) is 0 Å². The molecule has 4 nitrogen and oxygen atoms in total. The SMILES string of the molecule is CNCC1(CN2CC(C)(C)OC(C)(C)C2)CCOC1. The molecule has 19 heavy (non-hydrogen) atoms. The smallest absolute Gasteiger partial charge is 0.0760 e. The molecule has 2 fully saturated rings. The van der Waals surface area contributed by atoms with Gasteiger partial charge in [0.25, 0.3) is 0 Å². The number of hydrogen-bond donors (Lipinski definition) is 1. The fraction of sp³-hybridized carbons (Fsp3) is 1.00. The summed E-state index contributed by atoms with van der Waals surface area (Å²) in [5.74, 6) is 0. The van der Waals surface area contributed by atoms with E-state index in [4.69, 9.17) is 9.47 Å². The topological polar surface area (TPSA) is 33.7 Å². The van der Waals surface area contributed by atoms with Gasteiger partial charge in [0.1, 0.15) is 0 Å². The standard InChI is InChI=1S/C15H30N2O2/c1-13(2)9-17(10-14(3,4)19-13)11-15(8-16-5)6-7-18-12-15/h16H,6-12H2,1-5H3. The average molecular weight is 270 g/mol. The van der Waals surface area contributed by atoms with Crippen molar-refractivity contribution in [1.29, 1.82) is 0 Å². The molecule has 2 aliphatic heterocycles. The van der Waals surface area contributed by atoms with Gasteiger partial charge in [-0.1, -0.05) is 0 Å². The molecule has 0 amide bonds. The number of ether oxygens (including phenoxy) is 2. The third-order valence-electron chi connectivity index (χ3n) is 4.06. The van der Waals surface area contributed by atoms with E-state index >= 15 is 0 Å². The molecule has 0 aromatic carbocycles. The van der Waals surface area contributed by atoms with Crippen molar-refractivity contribution >= 4 is 0 Å². The van der Waals surface area contributed by atoms with Crippen molar-refractivity contribution in [2.45, 2.75) is 45.3 Å². The lowest BCUT2D eigenvalue weighted by Crippen LogP contribution is -2.59.